The average molecular weight is 525 g/mol. The van der Waals surface area contributed by atoms with Gasteiger partial charge in [0.25, 0.3) is 0 Å². The number of methoxy groups -OCH3 is 1. The van der Waals surface area contributed by atoms with Gasteiger partial charge in [-0.15, -0.1) is 37.1 Å². The first-order valence-corrected chi connectivity index (χ1v) is 8.50. The third-order valence-electron chi connectivity index (χ3n) is 3.53. The van der Waals surface area contributed by atoms with Gasteiger partial charge in [-0.3, -0.25) is 4.99 Å². The predicted molar refractivity (Wildman–Crippen MR) is 116 cm³/mol. The molecule has 0 amide bonds. The summed E-state index contributed by atoms with van der Waals surface area (Å²) < 4.78 is 51.8. The molecule has 0 aliphatic carbocycles. The summed E-state index contributed by atoms with van der Waals surface area (Å²) in [5.41, 5.74) is 6.82. The van der Waals surface area contributed by atoms with Crippen LogP contribution in [0.25, 0.3) is 0 Å². The van der Waals surface area contributed by atoms with Crippen LogP contribution in [0.15, 0.2) is 53.5 Å². The summed E-state index contributed by atoms with van der Waals surface area (Å²) in [7, 11) is 1.61. The van der Waals surface area contributed by atoms with E-state index < -0.39 is 6.36 Å². The first-order chi connectivity index (χ1) is 13.4. The number of hydrogen-bond donors (Lipinski definition) is 2. The topological polar surface area (TPSA) is 78.1 Å². The number of alkyl halides is 3. The number of halogens is 4. The van der Waals surface area contributed by atoms with E-state index in [0.29, 0.717) is 26.2 Å². The summed E-state index contributed by atoms with van der Waals surface area (Å²) in [6.07, 6.45) is -4.18. The first-order valence-electron chi connectivity index (χ1n) is 8.50. The highest BCUT2D eigenvalue weighted by atomic mass is 127. The second-order valence-electron chi connectivity index (χ2n) is 5.69. The van der Waals surface area contributed by atoms with Gasteiger partial charge in [0.05, 0.1) is 19.4 Å². The molecule has 0 saturated carbocycles. The molecule has 0 aliphatic heterocycles. The maximum atomic E-state index is 12.4. The van der Waals surface area contributed by atoms with Crippen LogP contribution in [-0.4, -0.2) is 32.6 Å². The molecule has 0 fully saturated rings. The highest BCUT2D eigenvalue weighted by molar-refractivity contribution is 14.0. The molecule has 0 unspecified atom stereocenters. The minimum atomic E-state index is -4.79. The van der Waals surface area contributed by atoms with Crippen LogP contribution < -0.4 is 20.5 Å². The maximum absolute atomic E-state index is 12.4. The van der Waals surface area contributed by atoms with Crippen molar-refractivity contribution in [1.29, 1.82) is 0 Å². The molecule has 0 atom stereocenters. The van der Waals surface area contributed by atoms with E-state index in [4.69, 9.17) is 15.2 Å². The van der Waals surface area contributed by atoms with Gasteiger partial charge in [0.2, 0.25) is 0 Å². The second kappa shape index (κ2) is 12.4. The van der Waals surface area contributed by atoms with Gasteiger partial charge in [-0.1, -0.05) is 24.3 Å². The van der Waals surface area contributed by atoms with Gasteiger partial charge in [0, 0.05) is 13.2 Å². The molecule has 0 radical (unpaired) electrons. The van der Waals surface area contributed by atoms with E-state index in [1.165, 1.54) is 18.2 Å². The standard InChI is InChI=1S/C19H22F3N3O3.HI/c1-26-15-9-7-14(8-10-15)13-27-12-4-11-24-18(23)25-16-5-2-3-6-17(16)28-19(20,21)22;/h2-3,5-10H,4,11-13H2,1H3,(H3,23,24,25);1H. The minimum Gasteiger partial charge on any atom is -0.497 e. The fourth-order valence-electron chi connectivity index (χ4n) is 2.24. The van der Waals surface area contributed by atoms with Crippen molar-refractivity contribution in [2.45, 2.75) is 19.4 Å². The predicted octanol–water partition coefficient (Wildman–Crippen LogP) is 4.55. The highest BCUT2D eigenvalue weighted by Crippen LogP contribution is 2.29. The van der Waals surface area contributed by atoms with Crippen LogP contribution in [-0.2, 0) is 11.3 Å². The molecule has 0 aliphatic rings. The molecule has 0 aromatic heterocycles. The lowest BCUT2D eigenvalue weighted by Crippen LogP contribution is -2.24. The van der Waals surface area contributed by atoms with Crippen molar-refractivity contribution in [3.8, 4) is 11.5 Å². The van der Waals surface area contributed by atoms with Crippen LogP contribution in [0.5, 0.6) is 11.5 Å². The van der Waals surface area contributed by atoms with Crippen molar-refractivity contribution >= 4 is 35.6 Å². The summed E-state index contributed by atoms with van der Waals surface area (Å²) in [5.74, 6) is 0.396. The van der Waals surface area contributed by atoms with Crippen molar-refractivity contribution in [1.82, 2.24) is 0 Å². The molecule has 160 valence electrons. The quantitative estimate of drug-likeness (QED) is 0.218. The lowest BCUT2D eigenvalue weighted by atomic mass is 10.2. The van der Waals surface area contributed by atoms with Crippen molar-refractivity contribution < 1.29 is 27.4 Å². The molecule has 0 heterocycles. The Morgan fingerprint density at radius 2 is 1.79 bits per heavy atom. The largest absolute Gasteiger partial charge is 0.573 e. The molecule has 10 heteroatoms. The molecule has 6 nitrogen and oxygen atoms in total. The van der Waals surface area contributed by atoms with Crippen LogP contribution in [0.3, 0.4) is 0 Å². The molecule has 2 aromatic carbocycles. The highest BCUT2D eigenvalue weighted by Gasteiger charge is 2.32. The van der Waals surface area contributed by atoms with Crippen LogP contribution in [0.1, 0.15) is 12.0 Å². The Hall–Kier alpha value is -2.21. The number of ether oxygens (including phenoxy) is 3. The molecule has 0 saturated heterocycles. The lowest BCUT2D eigenvalue weighted by molar-refractivity contribution is -0.274. The fourth-order valence-corrected chi connectivity index (χ4v) is 2.24. The zero-order valence-corrected chi connectivity index (χ0v) is 18.1. The van der Waals surface area contributed by atoms with Crippen molar-refractivity contribution in [3.63, 3.8) is 0 Å². The summed E-state index contributed by atoms with van der Waals surface area (Å²) >= 11 is 0. The Bertz CT molecular complexity index is 771. The van der Waals surface area contributed by atoms with E-state index in [1.807, 2.05) is 24.3 Å². The minimum absolute atomic E-state index is 0. The fraction of sp³-hybridized carbons (Fsp3) is 0.316. The Morgan fingerprint density at radius 1 is 1.10 bits per heavy atom. The third kappa shape index (κ3) is 9.70. The SMILES string of the molecule is COc1ccc(COCCCN=C(N)Nc2ccccc2OC(F)(F)F)cc1.I. The van der Waals surface area contributed by atoms with Gasteiger partial charge >= 0.3 is 6.36 Å². The van der Waals surface area contributed by atoms with E-state index in [-0.39, 0.29) is 41.4 Å². The van der Waals surface area contributed by atoms with Crippen molar-refractivity contribution in [2.75, 3.05) is 25.6 Å². The summed E-state index contributed by atoms with van der Waals surface area (Å²) in [6, 6.07) is 13.1. The van der Waals surface area contributed by atoms with Gasteiger partial charge < -0.3 is 25.3 Å². The summed E-state index contributed by atoms with van der Waals surface area (Å²) in [5, 5.41) is 2.61. The van der Waals surface area contributed by atoms with Crippen LogP contribution in [0.4, 0.5) is 18.9 Å². The molecular formula is C19H23F3IN3O3. The normalized spacial score (nSPS) is 11.5. The average Bonchev–Trinajstić information content (AvgIpc) is 2.65. The van der Waals surface area contributed by atoms with Crippen LogP contribution in [0, 0.1) is 0 Å². The number of nitrogens with one attached hydrogen (secondary N) is 1. The monoisotopic (exact) mass is 525 g/mol. The van der Waals surface area contributed by atoms with Crippen LogP contribution >= 0.6 is 24.0 Å². The lowest BCUT2D eigenvalue weighted by Gasteiger charge is -2.14. The van der Waals surface area contributed by atoms with E-state index in [2.05, 4.69) is 15.0 Å². The van der Waals surface area contributed by atoms with E-state index in [1.54, 1.807) is 13.2 Å². The smallest absolute Gasteiger partial charge is 0.497 e. The maximum Gasteiger partial charge on any atom is 0.573 e. The summed E-state index contributed by atoms with van der Waals surface area (Å²) in [4.78, 5) is 4.07. The number of nitrogens with two attached hydrogens (primary N) is 1. The second-order valence-corrected chi connectivity index (χ2v) is 5.69. The third-order valence-corrected chi connectivity index (χ3v) is 3.53. The zero-order chi connectivity index (χ0) is 20.4. The van der Waals surface area contributed by atoms with Gasteiger partial charge in [-0.25, -0.2) is 0 Å². The molecule has 2 aromatic rings. The molecule has 2 rings (SSSR count). The number of nitrogens with zero attached hydrogens (tertiary/aromatic N) is 1. The number of guanidine groups is 1. The van der Waals surface area contributed by atoms with E-state index in [9.17, 15) is 13.2 Å². The zero-order valence-electron chi connectivity index (χ0n) is 15.7. The molecular weight excluding hydrogens is 502 g/mol. The Labute approximate surface area is 184 Å². The molecule has 0 spiro atoms. The summed E-state index contributed by atoms with van der Waals surface area (Å²) in [6.45, 7) is 1.30. The Kier molecular flexibility index (Phi) is 10.6. The van der Waals surface area contributed by atoms with Gasteiger partial charge in [-0.05, 0) is 36.2 Å². The number of anilines is 1. The van der Waals surface area contributed by atoms with Gasteiger partial charge in [0.1, 0.15) is 5.75 Å². The number of benzene rings is 2. The number of aliphatic imine (C=N–C) groups is 1. The molecule has 0 bridgehead atoms. The van der Waals surface area contributed by atoms with Gasteiger partial charge in [-0.2, -0.15) is 0 Å². The first kappa shape index (κ1) is 24.8. The van der Waals surface area contributed by atoms with E-state index in [0.717, 1.165) is 11.3 Å². The number of para-hydroxylation sites is 2. The number of rotatable bonds is 9. The van der Waals surface area contributed by atoms with Crippen molar-refractivity contribution in [3.05, 3.63) is 54.1 Å². The van der Waals surface area contributed by atoms with Crippen LogP contribution in [0.2, 0.25) is 0 Å². The van der Waals surface area contributed by atoms with Gasteiger partial charge in [0.15, 0.2) is 11.7 Å². The van der Waals surface area contributed by atoms with E-state index >= 15 is 0 Å². The molecule has 29 heavy (non-hydrogen) atoms. The Balaban J connectivity index is 0.00000420. The van der Waals surface area contributed by atoms with Crippen molar-refractivity contribution in [2.24, 2.45) is 10.7 Å². The molecule has 3 N–H and O–H groups in total. The number of hydrogen-bond acceptors (Lipinski definition) is 4. The Morgan fingerprint density at radius 3 is 2.45 bits per heavy atom.